The molecular formula is C56H68F2N8O4. The van der Waals surface area contributed by atoms with Gasteiger partial charge in [-0.25, -0.2) is 8.78 Å². The van der Waals surface area contributed by atoms with Crippen molar-refractivity contribution in [2.75, 3.05) is 52.4 Å². The number of rotatable bonds is 8. The van der Waals surface area contributed by atoms with E-state index >= 15 is 0 Å². The maximum Gasteiger partial charge on any atom is 0.295 e. The van der Waals surface area contributed by atoms with E-state index in [1.807, 2.05) is 73.2 Å². The lowest BCUT2D eigenvalue weighted by molar-refractivity contribution is -0.125. The monoisotopic (exact) mass is 955 g/mol. The molecule has 4 aliphatic heterocycles. The molecule has 3 amide bonds. The Labute approximate surface area is 410 Å². The quantitative estimate of drug-likeness (QED) is 0.103. The average Bonchev–Trinajstić information content (AvgIpc) is 4.21. The molecule has 4 atom stereocenters. The molecule has 370 valence electrons. The molecule has 6 aromatic rings. The second-order valence-electron chi connectivity index (χ2n) is 19.9. The summed E-state index contributed by atoms with van der Waals surface area (Å²) in [7, 11) is 0. The van der Waals surface area contributed by atoms with Crippen LogP contribution in [0.5, 0.6) is 0 Å². The standard InChI is InChI=1S/C29H33FN4O3.C23H26FN3O.C4H9N/c1-18-12-26-24(25(14-31-26)27(35)29(37)32-10-4-5-11-32)13-23(18)28(36)34-16-19(2)33(15-20(34)3)17-21-6-8-22(30)9-7-21;1-15-10-22-19(8-9-25-22)11-21(15)23(28)27-13-16(2)26(12-17(27)3)14-18-4-6-20(24)7-5-18;1-2-4-5-3-1/h6-9,12-14,19-20,31H,4-5,10-11,15-17H2,1-3H3;4-11,16-17,25H,12-14H2,1-3H3;5H,1-4H2/t19-,20+;16-,17+;/m00./s1. The predicted octanol–water partition coefficient (Wildman–Crippen LogP) is 8.88. The molecule has 14 heteroatoms. The van der Waals surface area contributed by atoms with Crippen molar-refractivity contribution >= 4 is 45.3 Å². The fourth-order valence-corrected chi connectivity index (χ4v) is 10.3. The molecule has 4 saturated heterocycles. The number of aromatic amines is 2. The lowest BCUT2D eigenvalue weighted by Gasteiger charge is -2.44. The Kier molecular flexibility index (Phi) is 15.9. The minimum atomic E-state index is -0.535. The first-order valence-corrected chi connectivity index (χ1v) is 25.0. The fraction of sp³-hybridized carbons (Fsp3) is 0.429. The van der Waals surface area contributed by atoms with Crippen LogP contribution in [0.4, 0.5) is 8.78 Å². The van der Waals surface area contributed by atoms with Crippen molar-refractivity contribution in [2.24, 2.45) is 0 Å². The fourth-order valence-electron chi connectivity index (χ4n) is 10.3. The van der Waals surface area contributed by atoms with E-state index in [-0.39, 0.29) is 47.6 Å². The molecule has 0 radical (unpaired) electrons. The highest BCUT2D eigenvalue weighted by Gasteiger charge is 2.35. The highest BCUT2D eigenvalue weighted by molar-refractivity contribution is 6.45. The Morgan fingerprint density at radius 3 is 1.57 bits per heavy atom. The molecule has 3 N–H and O–H groups in total. The molecule has 12 nitrogen and oxygen atoms in total. The van der Waals surface area contributed by atoms with Gasteiger partial charge in [-0.1, -0.05) is 24.3 Å². The summed E-state index contributed by atoms with van der Waals surface area (Å²) in [6.45, 7) is 20.2. The number of hydrogen-bond acceptors (Lipinski definition) is 7. The molecule has 4 fully saturated rings. The van der Waals surface area contributed by atoms with E-state index in [4.69, 9.17) is 0 Å². The third kappa shape index (κ3) is 11.5. The van der Waals surface area contributed by atoms with E-state index in [0.717, 1.165) is 70.2 Å². The van der Waals surface area contributed by atoms with E-state index in [1.54, 1.807) is 29.3 Å². The number of H-pyrrole nitrogens is 2. The highest BCUT2D eigenvalue weighted by atomic mass is 19.1. The zero-order chi connectivity index (χ0) is 49.6. The topological polar surface area (TPSA) is 128 Å². The summed E-state index contributed by atoms with van der Waals surface area (Å²) in [4.78, 5) is 69.3. The van der Waals surface area contributed by atoms with Gasteiger partial charge in [-0.15, -0.1) is 0 Å². The first-order valence-electron chi connectivity index (χ1n) is 25.0. The van der Waals surface area contributed by atoms with Crippen LogP contribution >= 0.6 is 0 Å². The van der Waals surface area contributed by atoms with Gasteiger partial charge in [0.15, 0.2) is 0 Å². The molecular weight excluding hydrogens is 887 g/mol. The summed E-state index contributed by atoms with van der Waals surface area (Å²) in [6, 6.07) is 23.3. The van der Waals surface area contributed by atoms with Gasteiger partial charge in [-0.2, -0.15) is 0 Å². The van der Waals surface area contributed by atoms with Crippen molar-refractivity contribution in [3.05, 3.63) is 142 Å². The molecule has 0 spiro atoms. The molecule has 4 aromatic carbocycles. The Morgan fingerprint density at radius 1 is 0.571 bits per heavy atom. The Balaban J connectivity index is 0.000000176. The van der Waals surface area contributed by atoms with E-state index in [0.29, 0.717) is 55.8 Å². The lowest BCUT2D eigenvalue weighted by atomic mass is 9.99. The van der Waals surface area contributed by atoms with Gasteiger partial charge in [0.2, 0.25) is 0 Å². The SMILES string of the molecule is C1CCNC1.Cc1cc2[nH]cc(C(=O)C(=O)N3CCCC3)c2cc1C(=O)N1C[C@H](C)N(Cc2ccc(F)cc2)C[C@H]1C.Cc1cc2[nH]ccc2cc1C(=O)N1C[C@H](C)N(Cc2ccc(F)cc2)C[C@H]1C. The second-order valence-corrected chi connectivity index (χ2v) is 19.9. The smallest absolute Gasteiger partial charge is 0.295 e. The number of Topliss-reactive ketones (excluding diaryl/α,β-unsaturated/α-hetero) is 1. The number of aryl methyl sites for hydroxylation is 2. The molecule has 0 unspecified atom stereocenters. The van der Waals surface area contributed by atoms with Crippen molar-refractivity contribution in [2.45, 2.75) is 104 Å². The summed E-state index contributed by atoms with van der Waals surface area (Å²) >= 11 is 0. The van der Waals surface area contributed by atoms with Gasteiger partial charge in [0.05, 0.1) is 5.56 Å². The summed E-state index contributed by atoms with van der Waals surface area (Å²) in [5, 5.41) is 4.88. The molecule has 0 saturated carbocycles. The third-order valence-corrected chi connectivity index (χ3v) is 14.5. The van der Waals surface area contributed by atoms with Crippen LogP contribution in [0.25, 0.3) is 21.8 Å². The van der Waals surface area contributed by atoms with Crippen LogP contribution in [0.3, 0.4) is 0 Å². The van der Waals surface area contributed by atoms with Crippen LogP contribution in [-0.4, -0.2) is 134 Å². The van der Waals surface area contributed by atoms with Gasteiger partial charge in [0.25, 0.3) is 23.5 Å². The largest absolute Gasteiger partial charge is 0.361 e. The number of amides is 3. The van der Waals surface area contributed by atoms with Crippen molar-refractivity contribution in [1.82, 2.24) is 39.8 Å². The third-order valence-electron chi connectivity index (χ3n) is 14.5. The number of carbonyl (C=O) groups is 4. The van der Waals surface area contributed by atoms with Crippen LogP contribution in [-0.2, 0) is 17.9 Å². The summed E-state index contributed by atoms with van der Waals surface area (Å²) in [5.41, 5.74) is 7.36. The normalized spacial score (nSPS) is 20.8. The van der Waals surface area contributed by atoms with Crippen LogP contribution in [0.1, 0.15) is 107 Å². The molecule has 0 aliphatic carbocycles. The second kappa shape index (κ2) is 22.2. The van der Waals surface area contributed by atoms with Crippen molar-refractivity contribution in [3.63, 3.8) is 0 Å². The van der Waals surface area contributed by atoms with Gasteiger partial charge < -0.3 is 30.0 Å². The number of aromatic nitrogens is 2. The van der Waals surface area contributed by atoms with Gasteiger partial charge >= 0.3 is 0 Å². The van der Waals surface area contributed by atoms with Crippen LogP contribution < -0.4 is 5.32 Å². The van der Waals surface area contributed by atoms with Gasteiger partial charge in [0.1, 0.15) is 11.6 Å². The van der Waals surface area contributed by atoms with E-state index < -0.39 is 11.7 Å². The van der Waals surface area contributed by atoms with Crippen molar-refractivity contribution in [1.29, 1.82) is 0 Å². The van der Waals surface area contributed by atoms with E-state index in [1.165, 1.54) is 50.2 Å². The first-order chi connectivity index (χ1) is 33.6. The number of nitrogens with one attached hydrogen (secondary N) is 3. The minimum Gasteiger partial charge on any atom is -0.361 e. The summed E-state index contributed by atoms with van der Waals surface area (Å²) < 4.78 is 26.5. The molecule has 2 aromatic heterocycles. The van der Waals surface area contributed by atoms with Gasteiger partial charge in [0, 0.05) is 122 Å². The van der Waals surface area contributed by atoms with Crippen LogP contribution in [0.15, 0.2) is 91.3 Å². The van der Waals surface area contributed by atoms with Crippen LogP contribution in [0, 0.1) is 25.5 Å². The lowest BCUT2D eigenvalue weighted by Crippen LogP contribution is -2.57. The van der Waals surface area contributed by atoms with Gasteiger partial charge in [-0.05, 0) is 157 Å². The maximum atomic E-state index is 13.8. The molecule has 70 heavy (non-hydrogen) atoms. The van der Waals surface area contributed by atoms with Crippen molar-refractivity contribution < 1.29 is 28.0 Å². The maximum absolute atomic E-state index is 13.8. The highest BCUT2D eigenvalue weighted by Crippen LogP contribution is 2.29. The molecule has 0 bridgehead atoms. The number of piperazine rings is 2. The van der Waals surface area contributed by atoms with E-state index in [9.17, 15) is 28.0 Å². The minimum absolute atomic E-state index is 0.0247. The average molecular weight is 955 g/mol. The Hall–Kier alpha value is -6.22. The Bertz CT molecular complexity index is 2790. The van der Waals surface area contributed by atoms with Crippen LogP contribution in [0.2, 0.25) is 0 Å². The molecule has 4 aliphatic rings. The zero-order valence-corrected chi connectivity index (χ0v) is 41.5. The van der Waals surface area contributed by atoms with Crippen molar-refractivity contribution in [3.8, 4) is 0 Å². The van der Waals surface area contributed by atoms with Gasteiger partial charge in [-0.3, -0.25) is 29.0 Å². The molecule has 10 rings (SSSR count). The number of nitrogens with zero attached hydrogens (tertiary/aromatic N) is 5. The number of fused-ring (bicyclic) bond motifs is 2. The number of benzene rings is 4. The Morgan fingerprint density at radius 2 is 1.07 bits per heavy atom. The predicted molar refractivity (Wildman–Crippen MR) is 272 cm³/mol. The number of carbonyl (C=O) groups excluding carboxylic acids is 4. The number of hydrogen-bond donors (Lipinski definition) is 3. The zero-order valence-electron chi connectivity index (χ0n) is 41.5. The number of halogens is 2. The number of likely N-dealkylation sites (tertiary alicyclic amines) is 1. The number of ketones is 1. The van der Waals surface area contributed by atoms with E-state index in [2.05, 4.69) is 45.9 Å². The summed E-state index contributed by atoms with van der Waals surface area (Å²) in [6.07, 6.45) is 8.09. The summed E-state index contributed by atoms with van der Waals surface area (Å²) in [5.74, 6) is -1.46. The molecule has 6 heterocycles. The first kappa shape index (κ1) is 50.2.